The third-order valence-electron chi connectivity index (χ3n) is 3.30. The lowest BCUT2D eigenvalue weighted by Crippen LogP contribution is -2.32. The Balaban J connectivity index is 1.59. The minimum Gasteiger partial charge on any atom is -0.301 e. The van der Waals surface area contributed by atoms with Crippen molar-refractivity contribution in [3.63, 3.8) is 0 Å². The summed E-state index contributed by atoms with van der Waals surface area (Å²) >= 11 is 1.28. The number of nitrogens with zero attached hydrogens (tertiary/aromatic N) is 1. The highest BCUT2D eigenvalue weighted by Gasteiger charge is 2.15. The van der Waals surface area contributed by atoms with E-state index in [1.54, 1.807) is 18.2 Å². The van der Waals surface area contributed by atoms with E-state index in [-0.39, 0.29) is 11.4 Å². The minimum absolute atomic E-state index is 0.114. The number of rotatable bonds is 6. The topological polar surface area (TPSA) is 88.2 Å². The molecule has 0 aliphatic rings. The van der Waals surface area contributed by atoms with Crippen LogP contribution >= 0.6 is 11.3 Å². The molecule has 0 spiro atoms. The standard InChI is InChI=1S/C17H15N3O3S2/c21-16(11-18-25(22,23)14-9-5-2-6-10-14)20-17-19-15(12-24-17)13-7-3-1-4-8-13/h1-10,12,18H,11H2,(H,19,20,21). The van der Waals surface area contributed by atoms with Crippen molar-refractivity contribution < 1.29 is 13.2 Å². The summed E-state index contributed by atoms with van der Waals surface area (Å²) in [5, 5.41) is 4.85. The molecule has 1 aromatic heterocycles. The van der Waals surface area contributed by atoms with Gasteiger partial charge in [0.15, 0.2) is 5.13 Å². The second kappa shape index (κ2) is 7.56. The van der Waals surface area contributed by atoms with Gasteiger partial charge in [0.1, 0.15) is 0 Å². The predicted octanol–water partition coefficient (Wildman–Crippen LogP) is 2.73. The van der Waals surface area contributed by atoms with Gasteiger partial charge in [0.2, 0.25) is 15.9 Å². The first kappa shape index (κ1) is 17.3. The van der Waals surface area contributed by atoms with E-state index in [4.69, 9.17) is 0 Å². The van der Waals surface area contributed by atoms with Crippen LogP contribution in [0.25, 0.3) is 11.3 Å². The molecule has 0 saturated carbocycles. The van der Waals surface area contributed by atoms with Crippen molar-refractivity contribution >= 4 is 32.4 Å². The summed E-state index contributed by atoms with van der Waals surface area (Å²) in [5.41, 5.74) is 1.70. The van der Waals surface area contributed by atoms with Gasteiger partial charge in [-0.2, -0.15) is 0 Å². The van der Waals surface area contributed by atoms with Crippen LogP contribution in [-0.2, 0) is 14.8 Å². The monoisotopic (exact) mass is 373 g/mol. The number of hydrogen-bond acceptors (Lipinski definition) is 5. The normalized spacial score (nSPS) is 11.2. The molecule has 1 amide bonds. The molecular weight excluding hydrogens is 358 g/mol. The third kappa shape index (κ3) is 4.50. The Labute approximate surface area is 149 Å². The molecule has 0 atom stereocenters. The smallest absolute Gasteiger partial charge is 0.241 e. The van der Waals surface area contributed by atoms with Crippen molar-refractivity contribution in [3.8, 4) is 11.3 Å². The van der Waals surface area contributed by atoms with Crippen LogP contribution in [0, 0.1) is 0 Å². The molecule has 0 saturated heterocycles. The van der Waals surface area contributed by atoms with Gasteiger partial charge >= 0.3 is 0 Å². The van der Waals surface area contributed by atoms with Crippen molar-refractivity contribution in [2.24, 2.45) is 0 Å². The number of anilines is 1. The van der Waals surface area contributed by atoms with Crippen molar-refractivity contribution in [2.45, 2.75) is 4.90 Å². The van der Waals surface area contributed by atoms with Gasteiger partial charge in [-0.15, -0.1) is 11.3 Å². The van der Waals surface area contributed by atoms with Crippen LogP contribution in [0.4, 0.5) is 5.13 Å². The lowest BCUT2D eigenvalue weighted by molar-refractivity contribution is -0.115. The van der Waals surface area contributed by atoms with Crippen molar-refractivity contribution in [1.82, 2.24) is 9.71 Å². The molecule has 8 heteroatoms. The first-order chi connectivity index (χ1) is 12.0. The van der Waals surface area contributed by atoms with Gasteiger partial charge in [-0.3, -0.25) is 4.79 Å². The van der Waals surface area contributed by atoms with Crippen LogP contribution in [0.15, 0.2) is 70.9 Å². The Morgan fingerprint density at radius 3 is 2.32 bits per heavy atom. The van der Waals surface area contributed by atoms with E-state index < -0.39 is 15.9 Å². The molecule has 0 fully saturated rings. The summed E-state index contributed by atoms with van der Waals surface area (Å²) in [6, 6.07) is 17.5. The maximum Gasteiger partial charge on any atom is 0.241 e. The zero-order chi connectivity index (χ0) is 17.7. The number of amides is 1. The maximum absolute atomic E-state index is 12.1. The van der Waals surface area contributed by atoms with Gasteiger partial charge in [0.05, 0.1) is 17.1 Å². The summed E-state index contributed by atoms with van der Waals surface area (Å²) in [7, 11) is -3.71. The Hall–Kier alpha value is -2.55. The first-order valence-electron chi connectivity index (χ1n) is 7.40. The SMILES string of the molecule is O=C(CNS(=O)(=O)c1ccccc1)Nc1nc(-c2ccccc2)cs1. The molecule has 3 rings (SSSR count). The highest BCUT2D eigenvalue weighted by atomic mass is 32.2. The molecule has 3 aromatic rings. The second-order valence-electron chi connectivity index (χ2n) is 5.09. The molecule has 0 bridgehead atoms. The predicted molar refractivity (Wildman–Crippen MR) is 97.8 cm³/mol. The van der Waals surface area contributed by atoms with Gasteiger partial charge < -0.3 is 5.32 Å². The molecular formula is C17H15N3O3S2. The molecule has 1 heterocycles. The van der Waals surface area contributed by atoms with Crippen LogP contribution in [0.5, 0.6) is 0 Å². The van der Waals surface area contributed by atoms with Gasteiger partial charge in [0, 0.05) is 10.9 Å². The van der Waals surface area contributed by atoms with Crippen LogP contribution in [0.1, 0.15) is 0 Å². The van der Waals surface area contributed by atoms with E-state index in [0.717, 1.165) is 11.3 Å². The molecule has 0 aliphatic heterocycles. The molecule has 2 N–H and O–H groups in total. The average molecular weight is 373 g/mol. The highest BCUT2D eigenvalue weighted by Crippen LogP contribution is 2.24. The van der Waals surface area contributed by atoms with Crippen molar-refractivity contribution in [3.05, 3.63) is 66.0 Å². The van der Waals surface area contributed by atoms with Gasteiger partial charge in [0.25, 0.3) is 0 Å². The van der Waals surface area contributed by atoms with Gasteiger partial charge in [-0.1, -0.05) is 48.5 Å². The lowest BCUT2D eigenvalue weighted by Gasteiger charge is -2.06. The van der Waals surface area contributed by atoms with E-state index in [1.165, 1.54) is 23.5 Å². The van der Waals surface area contributed by atoms with Crippen molar-refractivity contribution in [1.29, 1.82) is 0 Å². The number of hydrogen-bond donors (Lipinski definition) is 2. The molecule has 0 unspecified atom stereocenters. The Bertz CT molecular complexity index is 955. The Morgan fingerprint density at radius 2 is 1.64 bits per heavy atom. The number of aromatic nitrogens is 1. The van der Waals surface area contributed by atoms with E-state index >= 15 is 0 Å². The highest BCUT2D eigenvalue weighted by molar-refractivity contribution is 7.89. The molecule has 6 nitrogen and oxygen atoms in total. The molecule has 2 aromatic carbocycles. The van der Waals surface area contributed by atoms with Crippen LogP contribution < -0.4 is 10.0 Å². The van der Waals surface area contributed by atoms with Crippen LogP contribution in [-0.4, -0.2) is 25.9 Å². The van der Waals surface area contributed by atoms with E-state index in [9.17, 15) is 13.2 Å². The molecule has 25 heavy (non-hydrogen) atoms. The van der Waals surface area contributed by atoms with Crippen molar-refractivity contribution in [2.75, 3.05) is 11.9 Å². The fraction of sp³-hybridized carbons (Fsp3) is 0.0588. The Kier molecular flexibility index (Phi) is 5.22. The zero-order valence-electron chi connectivity index (χ0n) is 13.0. The molecule has 0 radical (unpaired) electrons. The van der Waals surface area contributed by atoms with E-state index in [2.05, 4.69) is 15.0 Å². The maximum atomic E-state index is 12.1. The number of thiazole rings is 1. The number of carbonyl (C=O) groups is 1. The third-order valence-corrected chi connectivity index (χ3v) is 5.47. The van der Waals surface area contributed by atoms with E-state index in [0.29, 0.717) is 5.13 Å². The number of carbonyl (C=O) groups excluding carboxylic acids is 1. The average Bonchev–Trinajstić information content (AvgIpc) is 3.10. The second-order valence-corrected chi connectivity index (χ2v) is 7.71. The quantitative estimate of drug-likeness (QED) is 0.695. The molecule has 0 aliphatic carbocycles. The summed E-state index contributed by atoms with van der Waals surface area (Å²) < 4.78 is 26.4. The van der Waals surface area contributed by atoms with E-state index in [1.807, 2.05) is 35.7 Å². The van der Waals surface area contributed by atoms with Crippen LogP contribution in [0.3, 0.4) is 0 Å². The lowest BCUT2D eigenvalue weighted by atomic mass is 10.2. The first-order valence-corrected chi connectivity index (χ1v) is 9.76. The fourth-order valence-corrected chi connectivity index (χ4v) is 3.82. The Morgan fingerprint density at radius 1 is 1.00 bits per heavy atom. The summed E-state index contributed by atoms with van der Waals surface area (Å²) in [5.74, 6) is -0.478. The number of sulfonamides is 1. The van der Waals surface area contributed by atoms with Gasteiger partial charge in [-0.25, -0.2) is 18.1 Å². The zero-order valence-corrected chi connectivity index (χ0v) is 14.7. The largest absolute Gasteiger partial charge is 0.301 e. The summed E-state index contributed by atoms with van der Waals surface area (Å²) in [6.45, 7) is -0.364. The fourth-order valence-electron chi connectivity index (χ4n) is 2.08. The molecule has 128 valence electrons. The minimum atomic E-state index is -3.71. The summed E-state index contributed by atoms with van der Waals surface area (Å²) in [6.07, 6.45) is 0. The number of benzene rings is 2. The van der Waals surface area contributed by atoms with Crippen LogP contribution in [0.2, 0.25) is 0 Å². The number of nitrogens with one attached hydrogen (secondary N) is 2. The summed E-state index contributed by atoms with van der Waals surface area (Å²) in [4.78, 5) is 16.4. The van der Waals surface area contributed by atoms with Gasteiger partial charge in [-0.05, 0) is 12.1 Å².